The average Bonchev–Trinajstić information content (AvgIpc) is 2.43. The number of nitrogens with zero attached hydrogens (tertiary/aromatic N) is 1. The molecule has 0 bridgehead atoms. The lowest BCUT2D eigenvalue weighted by Crippen LogP contribution is -2.45. The van der Waals surface area contributed by atoms with Gasteiger partial charge in [0.15, 0.2) is 0 Å². The number of hydrogen-bond donors (Lipinski definition) is 2. The fourth-order valence-electron chi connectivity index (χ4n) is 2.31. The molecule has 4 nitrogen and oxygen atoms in total. The number of hydrogen-bond acceptors (Lipinski definition) is 3. The Morgan fingerprint density at radius 1 is 1.38 bits per heavy atom. The lowest BCUT2D eigenvalue weighted by Gasteiger charge is -2.37. The Labute approximate surface area is 123 Å². The zero-order chi connectivity index (χ0) is 15.2. The summed E-state index contributed by atoms with van der Waals surface area (Å²) in [5, 5.41) is 17.7. The molecule has 1 aromatic rings. The Morgan fingerprint density at radius 2 is 2.14 bits per heavy atom. The van der Waals surface area contributed by atoms with Gasteiger partial charge in [0.25, 0.3) is 5.91 Å². The molecule has 1 aromatic carbocycles. The number of carbonyl (C=O) groups is 1. The highest BCUT2D eigenvalue weighted by Crippen LogP contribution is 2.26. The average molecular weight is 291 g/mol. The van der Waals surface area contributed by atoms with Crippen molar-refractivity contribution < 1.29 is 19.4 Å². The van der Waals surface area contributed by atoms with Crippen LogP contribution in [-0.2, 0) is 0 Å². The molecule has 0 heterocycles. The summed E-state index contributed by atoms with van der Waals surface area (Å²) in [4.78, 5) is 14.0. The van der Waals surface area contributed by atoms with E-state index in [1.807, 2.05) is 0 Å². The molecule has 2 N–H and O–H groups in total. The SMILES string of the molecule is O=C(c1ccc(C#CCO)c(F)c1)N(CCO)C1CCC1. The molecular formula is C16H18FNO3. The molecule has 0 atom stereocenters. The van der Waals surface area contributed by atoms with Gasteiger partial charge in [-0.3, -0.25) is 4.79 Å². The van der Waals surface area contributed by atoms with E-state index in [2.05, 4.69) is 11.8 Å². The second-order valence-corrected chi connectivity index (χ2v) is 4.96. The summed E-state index contributed by atoms with van der Waals surface area (Å²) in [5.41, 5.74) is 0.403. The molecule has 1 aliphatic rings. The van der Waals surface area contributed by atoms with Crippen LogP contribution in [0.4, 0.5) is 4.39 Å². The van der Waals surface area contributed by atoms with Gasteiger partial charge >= 0.3 is 0 Å². The summed E-state index contributed by atoms with van der Waals surface area (Å²) in [6.45, 7) is -0.186. The summed E-state index contributed by atoms with van der Waals surface area (Å²) in [5.74, 6) is 4.01. The van der Waals surface area contributed by atoms with Crippen molar-refractivity contribution in [3.8, 4) is 11.8 Å². The summed E-state index contributed by atoms with van der Waals surface area (Å²) in [7, 11) is 0. The van der Waals surface area contributed by atoms with Crippen molar-refractivity contribution in [3.63, 3.8) is 0 Å². The van der Waals surface area contributed by atoms with E-state index in [4.69, 9.17) is 10.2 Å². The van der Waals surface area contributed by atoms with E-state index in [9.17, 15) is 9.18 Å². The Morgan fingerprint density at radius 3 is 2.67 bits per heavy atom. The van der Waals surface area contributed by atoms with Gasteiger partial charge in [0.1, 0.15) is 12.4 Å². The molecule has 1 fully saturated rings. The van der Waals surface area contributed by atoms with Gasteiger partial charge in [-0.15, -0.1) is 0 Å². The maximum atomic E-state index is 13.9. The lowest BCUT2D eigenvalue weighted by atomic mass is 9.91. The summed E-state index contributed by atoms with van der Waals surface area (Å²) in [6.07, 6.45) is 2.92. The highest BCUT2D eigenvalue weighted by atomic mass is 19.1. The van der Waals surface area contributed by atoms with Crippen LogP contribution in [0.15, 0.2) is 18.2 Å². The first-order valence-corrected chi connectivity index (χ1v) is 6.98. The molecule has 112 valence electrons. The van der Waals surface area contributed by atoms with E-state index < -0.39 is 5.82 Å². The van der Waals surface area contributed by atoms with Crippen LogP contribution >= 0.6 is 0 Å². The number of benzene rings is 1. The van der Waals surface area contributed by atoms with Gasteiger partial charge in [-0.1, -0.05) is 11.8 Å². The third-order valence-electron chi connectivity index (χ3n) is 3.64. The minimum absolute atomic E-state index is 0.106. The number of aliphatic hydroxyl groups is 2. The first-order chi connectivity index (χ1) is 10.2. The molecule has 0 unspecified atom stereocenters. The predicted octanol–water partition coefficient (Wildman–Crippen LogP) is 1.16. The molecule has 0 aliphatic heterocycles. The molecule has 5 heteroatoms. The molecule has 1 amide bonds. The lowest BCUT2D eigenvalue weighted by molar-refractivity contribution is 0.0525. The third kappa shape index (κ3) is 3.60. The van der Waals surface area contributed by atoms with Crippen LogP contribution in [0.25, 0.3) is 0 Å². The smallest absolute Gasteiger partial charge is 0.254 e. The molecule has 0 saturated heterocycles. The fraction of sp³-hybridized carbons (Fsp3) is 0.438. The standard InChI is InChI=1S/C16H18FNO3/c17-15-11-13(7-6-12(15)3-2-9-19)16(21)18(8-10-20)14-4-1-5-14/h6-7,11,14,19-20H,1,4-5,8-10H2. The van der Waals surface area contributed by atoms with Crippen molar-refractivity contribution in [1.82, 2.24) is 4.90 Å². The molecular weight excluding hydrogens is 273 g/mol. The number of amides is 1. The molecule has 21 heavy (non-hydrogen) atoms. The molecule has 1 aliphatic carbocycles. The van der Waals surface area contributed by atoms with Crippen molar-refractivity contribution in [3.05, 3.63) is 35.1 Å². The Hall–Kier alpha value is -1.90. The van der Waals surface area contributed by atoms with Crippen LogP contribution in [0.1, 0.15) is 35.2 Å². The molecule has 0 spiro atoms. The van der Waals surface area contributed by atoms with E-state index in [-0.39, 0.29) is 42.8 Å². The number of carbonyl (C=O) groups excluding carboxylic acids is 1. The fourth-order valence-corrected chi connectivity index (χ4v) is 2.31. The van der Waals surface area contributed by atoms with Gasteiger partial charge in [-0.05, 0) is 37.5 Å². The minimum Gasteiger partial charge on any atom is -0.395 e. The largest absolute Gasteiger partial charge is 0.395 e. The number of rotatable bonds is 4. The molecule has 0 aromatic heterocycles. The third-order valence-corrected chi connectivity index (χ3v) is 3.64. The monoisotopic (exact) mass is 291 g/mol. The van der Waals surface area contributed by atoms with Crippen LogP contribution < -0.4 is 0 Å². The number of aliphatic hydroxyl groups excluding tert-OH is 2. The van der Waals surface area contributed by atoms with E-state index >= 15 is 0 Å². The quantitative estimate of drug-likeness (QED) is 0.818. The maximum Gasteiger partial charge on any atom is 0.254 e. The van der Waals surface area contributed by atoms with E-state index in [0.717, 1.165) is 25.3 Å². The van der Waals surface area contributed by atoms with Crippen molar-refractivity contribution >= 4 is 5.91 Å². The highest BCUT2D eigenvalue weighted by Gasteiger charge is 2.29. The zero-order valence-electron chi connectivity index (χ0n) is 11.7. The zero-order valence-corrected chi connectivity index (χ0v) is 11.7. The van der Waals surface area contributed by atoms with Crippen LogP contribution in [0.3, 0.4) is 0 Å². The van der Waals surface area contributed by atoms with Crippen LogP contribution in [0.2, 0.25) is 0 Å². The van der Waals surface area contributed by atoms with E-state index in [1.54, 1.807) is 4.90 Å². The van der Waals surface area contributed by atoms with Crippen LogP contribution in [0.5, 0.6) is 0 Å². The van der Waals surface area contributed by atoms with Crippen molar-refractivity contribution in [2.24, 2.45) is 0 Å². The highest BCUT2D eigenvalue weighted by molar-refractivity contribution is 5.94. The molecule has 1 saturated carbocycles. The second-order valence-electron chi connectivity index (χ2n) is 4.96. The van der Waals surface area contributed by atoms with Crippen LogP contribution in [0, 0.1) is 17.7 Å². The predicted molar refractivity (Wildman–Crippen MR) is 76.1 cm³/mol. The maximum absolute atomic E-state index is 13.9. The van der Waals surface area contributed by atoms with Crippen molar-refractivity contribution in [2.75, 3.05) is 19.8 Å². The van der Waals surface area contributed by atoms with E-state index in [1.165, 1.54) is 12.1 Å². The van der Waals surface area contributed by atoms with Gasteiger partial charge in [-0.25, -0.2) is 4.39 Å². The first kappa shape index (κ1) is 15.5. The van der Waals surface area contributed by atoms with Gasteiger partial charge in [0.05, 0.1) is 12.2 Å². The van der Waals surface area contributed by atoms with Gasteiger partial charge in [-0.2, -0.15) is 0 Å². The summed E-state index contributed by atoms with van der Waals surface area (Å²) < 4.78 is 13.9. The summed E-state index contributed by atoms with van der Waals surface area (Å²) >= 11 is 0. The first-order valence-electron chi connectivity index (χ1n) is 6.98. The minimum atomic E-state index is -0.584. The van der Waals surface area contributed by atoms with Gasteiger partial charge < -0.3 is 15.1 Å². The Bertz CT molecular complexity index is 573. The Balaban J connectivity index is 2.19. The molecule has 2 rings (SSSR count). The van der Waals surface area contributed by atoms with Gasteiger partial charge in [0.2, 0.25) is 0 Å². The normalized spacial score (nSPS) is 14.0. The van der Waals surface area contributed by atoms with E-state index in [0.29, 0.717) is 0 Å². The topological polar surface area (TPSA) is 60.8 Å². The van der Waals surface area contributed by atoms with Crippen LogP contribution in [-0.4, -0.2) is 46.8 Å². The van der Waals surface area contributed by atoms with Crippen molar-refractivity contribution in [1.29, 1.82) is 0 Å². The second kappa shape index (κ2) is 7.21. The van der Waals surface area contributed by atoms with Crippen molar-refractivity contribution in [2.45, 2.75) is 25.3 Å². The summed E-state index contributed by atoms with van der Waals surface area (Å²) in [6, 6.07) is 4.26. The van der Waals surface area contributed by atoms with Gasteiger partial charge in [0, 0.05) is 18.2 Å². The Kier molecular flexibility index (Phi) is 5.32. The number of halogens is 1. The molecule has 0 radical (unpaired) electrons.